The summed E-state index contributed by atoms with van der Waals surface area (Å²) < 4.78 is 5.03. The van der Waals surface area contributed by atoms with Crippen molar-refractivity contribution >= 4 is 5.97 Å². The van der Waals surface area contributed by atoms with Gasteiger partial charge in [-0.2, -0.15) is 0 Å². The third kappa shape index (κ3) is 3.60. The summed E-state index contributed by atoms with van der Waals surface area (Å²) in [7, 11) is 0. The second kappa shape index (κ2) is 4.50. The Kier molecular flexibility index (Phi) is 3.31. The SMILES string of the molecule is CC1=CCC=CC(OCC(=O)O)=C1. The summed E-state index contributed by atoms with van der Waals surface area (Å²) in [4.78, 5) is 10.2. The first kappa shape index (κ1) is 9.58. The normalized spacial score (nSPS) is 15.8. The van der Waals surface area contributed by atoms with E-state index in [1.165, 1.54) is 0 Å². The van der Waals surface area contributed by atoms with Crippen LogP contribution in [0.3, 0.4) is 0 Å². The molecule has 0 unspecified atom stereocenters. The molecule has 3 heteroatoms. The topological polar surface area (TPSA) is 46.5 Å². The molecule has 0 heterocycles. The lowest BCUT2D eigenvalue weighted by Gasteiger charge is -2.02. The maximum atomic E-state index is 10.2. The highest BCUT2D eigenvalue weighted by molar-refractivity contribution is 5.68. The van der Waals surface area contributed by atoms with Crippen molar-refractivity contribution in [1.82, 2.24) is 0 Å². The molecule has 0 atom stereocenters. The molecular formula is C10H12O3. The van der Waals surface area contributed by atoms with E-state index >= 15 is 0 Å². The molecule has 0 aliphatic heterocycles. The van der Waals surface area contributed by atoms with Crippen LogP contribution in [-0.4, -0.2) is 17.7 Å². The number of carbonyl (C=O) groups is 1. The zero-order valence-corrected chi connectivity index (χ0v) is 7.49. The summed E-state index contributed by atoms with van der Waals surface area (Å²) in [6.07, 6.45) is 8.46. The predicted octanol–water partition coefficient (Wildman–Crippen LogP) is 1.88. The smallest absolute Gasteiger partial charge is 0.341 e. The Labute approximate surface area is 77.0 Å². The molecule has 0 saturated heterocycles. The zero-order chi connectivity index (χ0) is 9.68. The molecule has 1 N–H and O–H groups in total. The van der Waals surface area contributed by atoms with Gasteiger partial charge in [-0.1, -0.05) is 17.7 Å². The maximum Gasteiger partial charge on any atom is 0.341 e. The molecule has 0 fully saturated rings. The highest BCUT2D eigenvalue weighted by Crippen LogP contribution is 2.11. The van der Waals surface area contributed by atoms with Crippen LogP contribution in [0.25, 0.3) is 0 Å². The van der Waals surface area contributed by atoms with Crippen molar-refractivity contribution in [2.75, 3.05) is 6.61 Å². The lowest BCUT2D eigenvalue weighted by Crippen LogP contribution is -2.05. The van der Waals surface area contributed by atoms with Gasteiger partial charge in [0.1, 0.15) is 5.76 Å². The van der Waals surface area contributed by atoms with Crippen LogP contribution in [0, 0.1) is 0 Å². The van der Waals surface area contributed by atoms with Gasteiger partial charge in [0.25, 0.3) is 0 Å². The average Bonchev–Trinajstić information content (AvgIpc) is 2.26. The first-order valence-electron chi connectivity index (χ1n) is 4.08. The zero-order valence-electron chi connectivity index (χ0n) is 7.49. The predicted molar refractivity (Wildman–Crippen MR) is 49.2 cm³/mol. The molecule has 0 aromatic heterocycles. The van der Waals surface area contributed by atoms with Crippen molar-refractivity contribution in [2.24, 2.45) is 0 Å². The van der Waals surface area contributed by atoms with E-state index in [0.717, 1.165) is 12.0 Å². The third-order valence-electron chi connectivity index (χ3n) is 1.59. The van der Waals surface area contributed by atoms with Crippen molar-refractivity contribution in [3.63, 3.8) is 0 Å². The quantitative estimate of drug-likeness (QED) is 0.721. The number of carboxylic acid groups (broad SMARTS) is 1. The van der Waals surface area contributed by atoms with Crippen molar-refractivity contribution in [2.45, 2.75) is 13.3 Å². The molecular weight excluding hydrogens is 168 g/mol. The Morgan fingerprint density at radius 2 is 2.46 bits per heavy atom. The summed E-state index contributed by atoms with van der Waals surface area (Å²) in [5.74, 6) is -0.353. The summed E-state index contributed by atoms with van der Waals surface area (Å²) in [6.45, 7) is 1.67. The Morgan fingerprint density at radius 1 is 1.69 bits per heavy atom. The molecule has 0 saturated carbocycles. The van der Waals surface area contributed by atoms with Gasteiger partial charge < -0.3 is 9.84 Å². The van der Waals surface area contributed by atoms with Gasteiger partial charge in [0.2, 0.25) is 0 Å². The van der Waals surface area contributed by atoms with Gasteiger partial charge in [-0.05, 0) is 25.5 Å². The Hall–Kier alpha value is -1.51. The second-order valence-electron chi connectivity index (χ2n) is 2.82. The Morgan fingerprint density at radius 3 is 3.15 bits per heavy atom. The van der Waals surface area contributed by atoms with Crippen LogP contribution in [-0.2, 0) is 9.53 Å². The van der Waals surface area contributed by atoms with E-state index in [2.05, 4.69) is 0 Å². The highest BCUT2D eigenvalue weighted by Gasteiger charge is 2.00. The Bertz CT molecular complexity index is 285. The number of rotatable bonds is 3. The van der Waals surface area contributed by atoms with Crippen LogP contribution in [0.2, 0.25) is 0 Å². The van der Waals surface area contributed by atoms with E-state index in [4.69, 9.17) is 9.84 Å². The van der Waals surface area contributed by atoms with Crippen molar-refractivity contribution in [3.05, 3.63) is 35.6 Å². The number of allylic oxidation sites excluding steroid dienone is 5. The van der Waals surface area contributed by atoms with Crippen LogP contribution in [0.1, 0.15) is 13.3 Å². The van der Waals surface area contributed by atoms with Gasteiger partial charge in [-0.25, -0.2) is 4.79 Å². The van der Waals surface area contributed by atoms with E-state index in [9.17, 15) is 4.79 Å². The molecule has 1 aliphatic rings. The van der Waals surface area contributed by atoms with Gasteiger partial charge in [-0.15, -0.1) is 0 Å². The molecule has 0 spiro atoms. The summed E-state index contributed by atoms with van der Waals surface area (Å²) in [5, 5.41) is 8.39. The first-order valence-corrected chi connectivity index (χ1v) is 4.08. The molecule has 1 rings (SSSR count). The van der Waals surface area contributed by atoms with Gasteiger partial charge in [-0.3, -0.25) is 0 Å². The van der Waals surface area contributed by atoms with E-state index in [0.29, 0.717) is 5.76 Å². The van der Waals surface area contributed by atoms with Crippen LogP contribution in [0.4, 0.5) is 0 Å². The fraction of sp³-hybridized carbons (Fsp3) is 0.300. The fourth-order valence-electron chi connectivity index (χ4n) is 1.00. The van der Waals surface area contributed by atoms with Crippen molar-refractivity contribution in [1.29, 1.82) is 0 Å². The lowest BCUT2D eigenvalue weighted by atomic mass is 10.2. The van der Waals surface area contributed by atoms with Gasteiger partial charge in [0.15, 0.2) is 6.61 Å². The maximum absolute atomic E-state index is 10.2. The van der Waals surface area contributed by atoms with Crippen LogP contribution in [0.5, 0.6) is 0 Å². The number of hydrogen-bond donors (Lipinski definition) is 1. The van der Waals surface area contributed by atoms with Gasteiger partial charge >= 0.3 is 5.97 Å². The van der Waals surface area contributed by atoms with Crippen molar-refractivity contribution < 1.29 is 14.6 Å². The highest BCUT2D eigenvalue weighted by atomic mass is 16.5. The largest absolute Gasteiger partial charge is 0.482 e. The number of ether oxygens (including phenoxy) is 1. The monoisotopic (exact) mass is 180 g/mol. The summed E-state index contributed by atoms with van der Waals surface area (Å²) in [6, 6.07) is 0. The minimum Gasteiger partial charge on any atom is -0.482 e. The molecule has 70 valence electrons. The van der Waals surface area contributed by atoms with Crippen LogP contribution in [0.15, 0.2) is 35.6 Å². The fourth-order valence-corrected chi connectivity index (χ4v) is 1.00. The molecule has 0 radical (unpaired) electrons. The van der Waals surface area contributed by atoms with E-state index in [-0.39, 0.29) is 6.61 Å². The lowest BCUT2D eigenvalue weighted by molar-refractivity contribution is -0.140. The van der Waals surface area contributed by atoms with E-state index in [1.807, 2.05) is 25.2 Å². The molecule has 0 bridgehead atoms. The van der Waals surface area contributed by atoms with Gasteiger partial charge in [0, 0.05) is 0 Å². The average molecular weight is 180 g/mol. The summed E-state index contributed by atoms with van der Waals surface area (Å²) >= 11 is 0. The minimum atomic E-state index is -0.958. The molecule has 0 aromatic carbocycles. The second-order valence-corrected chi connectivity index (χ2v) is 2.82. The molecule has 1 aliphatic carbocycles. The van der Waals surface area contributed by atoms with Crippen molar-refractivity contribution in [3.8, 4) is 0 Å². The van der Waals surface area contributed by atoms with E-state index in [1.54, 1.807) is 6.08 Å². The van der Waals surface area contributed by atoms with Crippen LogP contribution >= 0.6 is 0 Å². The molecule has 3 nitrogen and oxygen atoms in total. The standard InChI is InChI=1S/C10H12O3/c1-8-4-2-3-5-9(6-8)13-7-10(11)12/h3-6H,2,7H2,1H3,(H,11,12). The summed E-state index contributed by atoms with van der Waals surface area (Å²) in [5.41, 5.74) is 1.09. The molecule has 13 heavy (non-hydrogen) atoms. The van der Waals surface area contributed by atoms with E-state index < -0.39 is 5.97 Å². The van der Waals surface area contributed by atoms with Gasteiger partial charge in [0.05, 0.1) is 0 Å². The minimum absolute atomic E-state index is 0.288. The Balaban J connectivity index is 2.57. The number of aliphatic carboxylic acids is 1. The van der Waals surface area contributed by atoms with Crippen LogP contribution < -0.4 is 0 Å². The molecule has 0 amide bonds. The molecule has 0 aromatic rings. The number of hydrogen-bond acceptors (Lipinski definition) is 2. The third-order valence-corrected chi connectivity index (χ3v) is 1.59. The first-order chi connectivity index (χ1) is 6.18. The number of carboxylic acids is 1.